The van der Waals surface area contributed by atoms with Gasteiger partial charge in [0.15, 0.2) is 5.76 Å². The van der Waals surface area contributed by atoms with E-state index < -0.39 is 5.92 Å². The third-order valence-electron chi connectivity index (χ3n) is 5.38. The summed E-state index contributed by atoms with van der Waals surface area (Å²) in [6, 6.07) is 13.7. The predicted molar refractivity (Wildman–Crippen MR) is 120 cm³/mol. The van der Waals surface area contributed by atoms with E-state index in [1.165, 1.54) is 12.1 Å². The maximum absolute atomic E-state index is 14.0. The summed E-state index contributed by atoms with van der Waals surface area (Å²) >= 11 is 6.43. The predicted octanol–water partition coefficient (Wildman–Crippen LogP) is 6.16. The number of hydrogen-bond donors (Lipinski definition) is 2. The smallest absolute Gasteiger partial charge is 0.227 e. The molecule has 0 aliphatic carbocycles. The highest BCUT2D eigenvalue weighted by atomic mass is 35.5. The molecule has 1 amide bonds. The quantitative estimate of drug-likeness (QED) is 0.378. The van der Waals surface area contributed by atoms with E-state index in [4.69, 9.17) is 16.1 Å². The van der Waals surface area contributed by atoms with Gasteiger partial charge in [0, 0.05) is 27.6 Å². The van der Waals surface area contributed by atoms with E-state index in [0.717, 1.165) is 16.8 Å². The van der Waals surface area contributed by atoms with Gasteiger partial charge >= 0.3 is 0 Å². The Morgan fingerprint density at radius 2 is 1.97 bits per heavy atom. The van der Waals surface area contributed by atoms with Crippen molar-refractivity contribution in [1.82, 2.24) is 15.5 Å². The number of carbonyl (C=O) groups excluding carboxylic acids is 1. The molecular weight excluding hydrogens is 417 g/mol. The SMILES string of the molecule is CC(C)c1cc(CNC(=O)C(C)c2c(-c3ccccc3Cl)[nH]c3ccc(F)cc23)on1. The monoisotopic (exact) mass is 439 g/mol. The number of aromatic amines is 1. The second kappa shape index (κ2) is 8.55. The number of hydrogen-bond acceptors (Lipinski definition) is 3. The Bertz CT molecular complexity index is 1240. The van der Waals surface area contributed by atoms with Crippen LogP contribution in [0.2, 0.25) is 5.02 Å². The minimum absolute atomic E-state index is 0.207. The second-order valence-electron chi connectivity index (χ2n) is 7.90. The number of benzene rings is 2. The van der Waals surface area contributed by atoms with Gasteiger partial charge in [0.2, 0.25) is 5.91 Å². The molecule has 0 bridgehead atoms. The first-order chi connectivity index (χ1) is 14.8. The fourth-order valence-electron chi connectivity index (χ4n) is 3.65. The topological polar surface area (TPSA) is 70.9 Å². The Morgan fingerprint density at radius 3 is 2.68 bits per heavy atom. The number of rotatable bonds is 6. The van der Waals surface area contributed by atoms with Crippen LogP contribution in [0.1, 0.15) is 49.6 Å². The Morgan fingerprint density at radius 1 is 1.19 bits per heavy atom. The molecule has 2 aromatic heterocycles. The standard InChI is InChI=1S/C24H23ClFN3O2/c1-13(2)21-11-16(31-29-21)12-27-24(30)14(3)22-18-10-15(26)8-9-20(18)28-23(22)17-6-4-5-7-19(17)25/h4-11,13-14,28H,12H2,1-3H3,(H,27,30). The lowest BCUT2D eigenvalue weighted by molar-refractivity contribution is -0.122. The number of carbonyl (C=O) groups is 1. The number of nitrogens with one attached hydrogen (secondary N) is 2. The summed E-state index contributed by atoms with van der Waals surface area (Å²) in [5.41, 5.74) is 3.73. The van der Waals surface area contributed by atoms with E-state index in [1.54, 1.807) is 19.1 Å². The summed E-state index contributed by atoms with van der Waals surface area (Å²) in [4.78, 5) is 16.4. The van der Waals surface area contributed by atoms with Crippen molar-refractivity contribution in [1.29, 1.82) is 0 Å². The molecule has 7 heteroatoms. The molecule has 0 aliphatic rings. The Labute approximate surface area is 184 Å². The van der Waals surface area contributed by atoms with Gasteiger partial charge in [-0.1, -0.05) is 48.8 Å². The van der Waals surface area contributed by atoms with Crippen LogP contribution in [0.25, 0.3) is 22.2 Å². The number of aromatic nitrogens is 2. The van der Waals surface area contributed by atoms with Crippen LogP contribution in [0.4, 0.5) is 4.39 Å². The maximum Gasteiger partial charge on any atom is 0.227 e. The van der Waals surface area contributed by atoms with Crippen LogP contribution in [-0.4, -0.2) is 16.0 Å². The lowest BCUT2D eigenvalue weighted by Crippen LogP contribution is -2.27. The van der Waals surface area contributed by atoms with Gasteiger partial charge < -0.3 is 14.8 Å². The summed E-state index contributed by atoms with van der Waals surface area (Å²) in [6.45, 7) is 6.06. The Balaban J connectivity index is 1.68. The average Bonchev–Trinajstić information content (AvgIpc) is 3.36. The van der Waals surface area contributed by atoms with Crippen LogP contribution in [0.3, 0.4) is 0 Å². The van der Waals surface area contributed by atoms with Crippen molar-refractivity contribution >= 4 is 28.4 Å². The summed E-state index contributed by atoms with van der Waals surface area (Å²) in [6.07, 6.45) is 0. The lowest BCUT2D eigenvalue weighted by Gasteiger charge is -2.14. The molecule has 31 heavy (non-hydrogen) atoms. The van der Waals surface area contributed by atoms with Crippen LogP contribution in [0.5, 0.6) is 0 Å². The van der Waals surface area contributed by atoms with Crippen molar-refractivity contribution in [2.45, 2.75) is 39.2 Å². The van der Waals surface area contributed by atoms with E-state index in [2.05, 4.69) is 15.5 Å². The number of H-pyrrole nitrogens is 1. The van der Waals surface area contributed by atoms with Crippen LogP contribution in [0.15, 0.2) is 53.1 Å². The van der Waals surface area contributed by atoms with Gasteiger partial charge in [-0.05, 0) is 42.7 Å². The van der Waals surface area contributed by atoms with Crippen molar-refractivity contribution in [2.75, 3.05) is 0 Å². The summed E-state index contributed by atoms with van der Waals surface area (Å²) in [5.74, 6) is -0.309. The number of nitrogens with zero attached hydrogens (tertiary/aromatic N) is 1. The molecule has 0 saturated heterocycles. The van der Waals surface area contributed by atoms with Gasteiger partial charge in [-0.15, -0.1) is 0 Å². The normalized spacial score (nSPS) is 12.5. The zero-order chi connectivity index (χ0) is 22.1. The summed E-state index contributed by atoms with van der Waals surface area (Å²) in [7, 11) is 0. The first-order valence-corrected chi connectivity index (χ1v) is 10.5. The molecule has 160 valence electrons. The van der Waals surface area contributed by atoms with E-state index in [9.17, 15) is 9.18 Å². The molecule has 0 aliphatic heterocycles. The van der Waals surface area contributed by atoms with Crippen molar-refractivity contribution in [3.63, 3.8) is 0 Å². The molecule has 4 aromatic rings. The summed E-state index contributed by atoms with van der Waals surface area (Å²) < 4.78 is 19.4. The average molecular weight is 440 g/mol. The molecule has 2 heterocycles. The third kappa shape index (κ3) is 4.21. The molecule has 1 atom stereocenters. The van der Waals surface area contributed by atoms with Crippen molar-refractivity contribution in [2.24, 2.45) is 0 Å². The zero-order valence-corrected chi connectivity index (χ0v) is 18.3. The molecule has 1 unspecified atom stereocenters. The first-order valence-electron chi connectivity index (χ1n) is 10.1. The largest absolute Gasteiger partial charge is 0.359 e. The maximum atomic E-state index is 14.0. The highest BCUT2D eigenvalue weighted by molar-refractivity contribution is 6.33. The molecule has 0 radical (unpaired) electrons. The Kier molecular flexibility index (Phi) is 5.83. The highest BCUT2D eigenvalue weighted by Gasteiger charge is 2.25. The van der Waals surface area contributed by atoms with E-state index in [0.29, 0.717) is 27.4 Å². The van der Waals surface area contributed by atoms with Gasteiger partial charge in [-0.2, -0.15) is 0 Å². The molecule has 0 fully saturated rings. The Hall–Kier alpha value is -3.12. The molecule has 0 spiro atoms. The van der Waals surface area contributed by atoms with Gasteiger partial charge in [-0.25, -0.2) is 4.39 Å². The van der Waals surface area contributed by atoms with E-state index >= 15 is 0 Å². The molecule has 0 saturated carbocycles. The first kappa shape index (κ1) is 21.1. The van der Waals surface area contributed by atoms with E-state index in [-0.39, 0.29) is 24.2 Å². The fourth-order valence-corrected chi connectivity index (χ4v) is 3.88. The molecule has 2 N–H and O–H groups in total. The van der Waals surface area contributed by atoms with Gasteiger partial charge in [0.05, 0.1) is 23.9 Å². The zero-order valence-electron chi connectivity index (χ0n) is 17.5. The number of fused-ring (bicyclic) bond motifs is 1. The molecule has 2 aromatic carbocycles. The van der Waals surface area contributed by atoms with Crippen molar-refractivity contribution < 1.29 is 13.7 Å². The van der Waals surface area contributed by atoms with Crippen molar-refractivity contribution in [3.05, 3.63) is 76.4 Å². The highest BCUT2D eigenvalue weighted by Crippen LogP contribution is 2.38. The van der Waals surface area contributed by atoms with Gasteiger partial charge in [0.1, 0.15) is 5.82 Å². The molecular formula is C24H23ClFN3O2. The molecule has 5 nitrogen and oxygen atoms in total. The van der Waals surface area contributed by atoms with E-state index in [1.807, 2.05) is 38.1 Å². The third-order valence-corrected chi connectivity index (χ3v) is 5.71. The minimum atomic E-state index is -0.561. The van der Waals surface area contributed by atoms with Crippen LogP contribution < -0.4 is 5.32 Å². The van der Waals surface area contributed by atoms with Gasteiger partial charge in [-0.3, -0.25) is 4.79 Å². The second-order valence-corrected chi connectivity index (χ2v) is 8.30. The van der Waals surface area contributed by atoms with Gasteiger partial charge in [0.25, 0.3) is 0 Å². The van der Waals surface area contributed by atoms with Crippen LogP contribution >= 0.6 is 11.6 Å². The summed E-state index contributed by atoms with van der Waals surface area (Å²) in [5, 5.41) is 8.11. The minimum Gasteiger partial charge on any atom is -0.359 e. The number of halogens is 2. The van der Waals surface area contributed by atoms with Crippen LogP contribution in [0, 0.1) is 5.82 Å². The lowest BCUT2D eigenvalue weighted by atomic mass is 9.94. The van der Waals surface area contributed by atoms with Crippen molar-refractivity contribution in [3.8, 4) is 11.3 Å². The van der Waals surface area contributed by atoms with Crippen LogP contribution in [-0.2, 0) is 11.3 Å². The fraction of sp³-hybridized carbons (Fsp3) is 0.250. The number of amides is 1. The molecule has 4 rings (SSSR count).